The highest BCUT2D eigenvalue weighted by Gasteiger charge is 2.17. The predicted octanol–water partition coefficient (Wildman–Crippen LogP) is 1.51. The summed E-state index contributed by atoms with van der Waals surface area (Å²) in [5.41, 5.74) is 5.46. The zero-order chi connectivity index (χ0) is 12.1. The maximum atomic E-state index is 5.46. The predicted molar refractivity (Wildman–Crippen MR) is 70.2 cm³/mol. The first kappa shape index (κ1) is 12.1. The summed E-state index contributed by atoms with van der Waals surface area (Å²) in [7, 11) is 0. The van der Waals surface area contributed by atoms with Crippen molar-refractivity contribution in [2.45, 2.75) is 38.6 Å². The lowest BCUT2D eigenvalue weighted by Crippen LogP contribution is -2.27. The van der Waals surface area contributed by atoms with E-state index < -0.39 is 0 Å². The number of nitrogens with two attached hydrogens (primary N) is 1. The third kappa shape index (κ3) is 3.56. The molecular weight excluding hydrogens is 214 g/mol. The first-order chi connectivity index (χ1) is 8.28. The molecule has 17 heavy (non-hydrogen) atoms. The van der Waals surface area contributed by atoms with Crippen molar-refractivity contribution in [3.05, 3.63) is 11.9 Å². The van der Waals surface area contributed by atoms with Crippen molar-refractivity contribution in [1.82, 2.24) is 9.97 Å². The minimum Gasteiger partial charge on any atom is -0.370 e. The first-order valence-corrected chi connectivity index (χ1v) is 6.34. The normalized spacial score (nSPS) is 15.4. The molecule has 2 rings (SSSR count). The molecule has 0 aliphatic heterocycles. The molecule has 1 saturated carbocycles. The van der Waals surface area contributed by atoms with Crippen molar-refractivity contribution >= 4 is 11.6 Å². The fourth-order valence-electron chi connectivity index (χ4n) is 1.81. The van der Waals surface area contributed by atoms with Crippen LogP contribution in [0, 0.1) is 6.92 Å². The maximum absolute atomic E-state index is 5.46. The summed E-state index contributed by atoms with van der Waals surface area (Å²) < 4.78 is 0. The van der Waals surface area contributed by atoms with Crippen LogP contribution in [0.5, 0.6) is 0 Å². The van der Waals surface area contributed by atoms with Gasteiger partial charge in [-0.3, -0.25) is 0 Å². The molecule has 0 spiro atoms. The third-order valence-electron chi connectivity index (χ3n) is 2.98. The van der Waals surface area contributed by atoms with E-state index in [0.717, 1.165) is 30.4 Å². The summed E-state index contributed by atoms with van der Waals surface area (Å²) in [6.07, 6.45) is 4.77. The zero-order valence-corrected chi connectivity index (χ0v) is 10.4. The molecule has 0 unspecified atom stereocenters. The van der Waals surface area contributed by atoms with E-state index in [2.05, 4.69) is 20.6 Å². The minimum absolute atomic E-state index is 0.598. The number of aryl methyl sites for hydroxylation is 1. The number of hydrogen-bond donors (Lipinski definition) is 3. The van der Waals surface area contributed by atoms with Crippen LogP contribution >= 0.6 is 0 Å². The number of aromatic nitrogens is 2. The minimum atomic E-state index is 0.598. The number of nitrogens with one attached hydrogen (secondary N) is 2. The van der Waals surface area contributed by atoms with E-state index in [-0.39, 0.29) is 0 Å². The summed E-state index contributed by atoms with van der Waals surface area (Å²) in [6.45, 7) is 3.47. The van der Waals surface area contributed by atoms with Crippen molar-refractivity contribution in [3.8, 4) is 0 Å². The van der Waals surface area contributed by atoms with Gasteiger partial charge in [0.1, 0.15) is 17.5 Å². The molecular formula is C12H21N5. The molecule has 0 aromatic carbocycles. The van der Waals surface area contributed by atoms with E-state index >= 15 is 0 Å². The van der Waals surface area contributed by atoms with Gasteiger partial charge in [0.2, 0.25) is 0 Å². The van der Waals surface area contributed by atoms with Gasteiger partial charge in [0.15, 0.2) is 0 Å². The van der Waals surface area contributed by atoms with E-state index in [1.807, 2.05) is 13.0 Å². The largest absolute Gasteiger partial charge is 0.370 e. The van der Waals surface area contributed by atoms with Gasteiger partial charge in [0, 0.05) is 18.7 Å². The van der Waals surface area contributed by atoms with Crippen LogP contribution in [-0.2, 0) is 0 Å². The Morgan fingerprint density at radius 1 is 1.35 bits per heavy atom. The molecule has 0 amide bonds. The number of hydrogen-bond acceptors (Lipinski definition) is 5. The molecule has 1 aromatic rings. The van der Waals surface area contributed by atoms with Crippen molar-refractivity contribution in [1.29, 1.82) is 0 Å². The van der Waals surface area contributed by atoms with Crippen LogP contribution in [0.15, 0.2) is 6.07 Å². The quantitative estimate of drug-likeness (QED) is 0.652. The molecule has 5 nitrogen and oxygen atoms in total. The average molecular weight is 235 g/mol. The van der Waals surface area contributed by atoms with Gasteiger partial charge in [0.05, 0.1) is 0 Å². The van der Waals surface area contributed by atoms with E-state index in [1.54, 1.807) is 0 Å². The van der Waals surface area contributed by atoms with Crippen LogP contribution in [0.3, 0.4) is 0 Å². The van der Waals surface area contributed by atoms with Gasteiger partial charge in [-0.1, -0.05) is 0 Å². The maximum Gasteiger partial charge on any atom is 0.132 e. The number of nitrogens with zero attached hydrogens (tertiary/aromatic N) is 2. The Bertz CT molecular complexity index is 362. The second-order valence-corrected chi connectivity index (χ2v) is 4.53. The molecule has 1 aliphatic carbocycles. The van der Waals surface area contributed by atoms with Gasteiger partial charge in [-0.15, -0.1) is 0 Å². The standard InChI is InChI=1S/C12H21N5/c1-9-15-11(14-7-3-6-13)8-12(16-9)17-10-4-2-5-10/h8,10H,2-7,13H2,1H3,(H2,14,15,16,17). The van der Waals surface area contributed by atoms with Crippen molar-refractivity contribution in [3.63, 3.8) is 0 Å². The lowest BCUT2D eigenvalue weighted by atomic mass is 9.93. The summed E-state index contributed by atoms with van der Waals surface area (Å²) in [5, 5.41) is 6.70. The van der Waals surface area contributed by atoms with Gasteiger partial charge >= 0.3 is 0 Å². The van der Waals surface area contributed by atoms with Gasteiger partial charge in [0.25, 0.3) is 0 Å². The monoisotopic (exact) mass is 235 g/mol. The topological polar surface area (TPSA) is 75.9 Å². The van der Waals surface area contributed by atoms with E-state index in [0.29, 0.717) is 12.6 Å². The molecule has 4 N–H and O–H groups in total. The second-order valence-electron chi connectivity index (χ2n) is 4.53. The van der Waals surface area contributed by atoms with Gasteiger partial charge in [-0.05, 0) is 39.2 Å². The SMILES string of the molecule is Cc1nc(NCCCN)cc(NC2CCC2)n1. The molecule has 94 valence electrons. The fraction of sp³-hybridized carbons (Fsp3) is 0.667. The van der Waals surface area contributed by atoms with Crippen LogP contribution in [0.1, 0.15) is 31.5 Å². The molecule has 0 atom stereocenters. The summed E-state index contributed by atoms with van der Waals surface area (Å²) in [6, 6.07) is 2.57. The van der Waals surface area contributed by atoms with Crippen LogP contribution in [-0.4, -0.2) is 29.1 Å². The average Bonchev–Trinajstić information content (AvgIpc) is 2.23. The number of rotatable bonds is 6. The highest BCUT2D eigenvalue weighted by Crippen LogP contribution is 2.23. The molecule has 1 aromatic heterocycles. The molecule has 5 heteroatoms. The number of anilines is 2. The van der Waals surface area contributed by atoms with E-state index in [1.165, 1.54) is 19.3 Å². The second kappa shape index (κ2) is 5.82. The van der Waals surface area contributed by atoms with Crippen LogP contribution < -0.4 is 16.4 Å². The highest BCUT2D eigenvalue weighted by molar-refractivity contribution is 5.48. The summed E-state index contributed by atoms with van der Waals surface area (Å²) in [5.74, 6) is 2.61. The zero-order valence-electron chi connectivity index (χ0n) is 10.4. The van der Waals surface area contributed by atoms with E-state index in [4.69, 9.17) is 5.73 Å². The molecule has 0 saturated heterocycles. The fourth-order valence-corrected chi connectivity index (χ4v) is 1.81. The molecule has 1 heterocycles. The Kier molecular flexibility index (Phi) is 4.14. The lowest BCUT2D eigenvalue weighted by molar-refractivity contribution is 0.444. The van der Waals surface area contributed by atoms with Crippen LogP contribution in [0.25, 0.3) is 0 Å². The van der Waals surface area contributed by atoms with Crippen LogP contribution in [0.4, 0.5) is 11.6 Å². The Balaban J connectivity index is 1.95. The van der Waals surface area contributed by atoms with Crippen molar-refractivity contribution in [2.24, 2.45) is 5.73 Å². The summed E-state index contributed by atoms with van der Waals surface area (Å²) >= 11 is 0. The Morgan fingerprint density at radius 3 is 2.76 bits per heavy atom. The van der Waals surface area contributed by atoms with E-state index in [9.17, 15) is 0 Å². The first-order valence-electron chi connectivity index (χ1n) is 6.34. The smallest absolute Gasteiger partial charge is 0.132 e. The molecule has 0 bridgehead atoms. The van der Waals surface area contributed by atoms with Gasteiger partial charge < -0.3 is 16.4 Å². The van der Waals surface area contributed by atoms with Crippen molar-refractivity contribution < 1.29 is 0 Å². The highest BCUT2D eigenvalue weighted by atomic mass is 15.1. The molecule has 0 radical (unpaired) electrons. The third-order valence-corrected chi connectivity index (χ3v) is 2.98. The van der Waals surface area contributed by atoms with Crippen LogP contribution in [0.2, 0.25) is 0 Å². The molecule has 1 fully saturated rings. The lowest BCUT2D eigenvalue weighted by Gasteiger charge is -2.27. The Hall–Kier alpha value is -1.36. The van der Waals surface area contributed by atoms with Crippen molar-refractivity contribution in [2.75, 3.05) is 23.7 Å². The Labute approximate surface area is 102 Å². The van der Waals surface area contributed by atoms with Gasteiger partial charge in [-0.2, -0.15) is 0 Å². The summed E-state index contributed by atoms with van der Waals surface area (Å²) in [4.78, 5) is 8.75. The van der Waals surface area contributed by atoms with Gasteiger partial charge in [-0.25, -0.2) is 9.97 Å². The Morgan fingerprint density at radius 2 is 2.12 bits per heavy atom. The molecule has 1 aliphatic rings.